The Kier molecular flexibility index (Phi) is 3.08. The highest BCUT2D eigenvalue weighted by Crippen LogP contribution is 2.32. The summed E-state index contributed by atoms with van der Waals surface area (Å²) in [4.78, 5) is 23.5. The molecule has 0 unspecified atom stereocenters. The van der Waals surface area contributed by atoms with E-state index in [-0.39, 0.29) is 11.2 Å². The molecule has 86 valence electrons. The number of allylic oxidation sites excluding steroid dienone is 1. The molecule has 2 rings (SSSR count). The highest BCUT2D eigenvalue weighted by atomic mass is 16.2. The van der Waals surface area contributed by atoms with Gasteiger partial charge in [-0.1, -0.05) is 6.08 Å². The molecule has 0 bridgehead atoms. The number of nitrogens with zero attached hydrogens (tertiary/aromatic N) is 2. The lowest BCUT2D eigenvalue weighted by Gasteiger charge is -2.07. The predicted octanol–water partition coefficient (Wildman–Crippen LogP) is 1.31. The van der Waals surface area contributed by atoms with Crippen LogP contribution < -0.4 is 11.2 Å². The topological polar surface area (TPSA) is 44.0 Å². The van der Waals surface area contributed by atoms with Gasteiger partial charge in [-0.2, -0.15) is 0 Å². The minimum absolute atomic E-state index is 0.168. The molecule has 1 saturated carbocycles. The Morgan fingerprint density at radius 3 is 2.81 bits per heavy atom. The molecule has 4 nitrogen and oxygen atoms in total. The lowest BCUT2D eigenvalue weighted by molar-refractivity contribution is 0.542. The van der Waals surface area contributed by atoms with Crippen LogP contribution in [0.2, 0.25) is 0 Å². The Morgan fingerprint density at radius 2 is 2.19 bits per heavy atom. The molecule has 0 saturated heterocycles. The lowest BCUT2D eigenvalue weighted by atomic mass is 10.3. The van der Waals surface area contributed by atoms with E-state index in [1.54, 1.807) is 16.8 Å². The molecule has 0 N–H and O–H groups in total. The van der Waals surface area contributed by atoms with Gasteiger partial charge in [-0.25, -0.2) is 4.79 Å². The first-order chi connectivity index (χ1) is 7.74. The maximum atomic E-state index is 12.0. The highest BCUT2D eigenvalue weighted by molar-refractivity contribution is 4.93. The van der Waals surface area contributed by atoms with E-state index in [4.69, 9.17) is 0 Å². The summed E-state index contributed by atoms with van der Waals surface area (Å²) in [5.74, 6) is 0. The van der Waals surface area contributed by atoms with Crippen LogP contribution in [0, 0.1) is 0 Å². The van der Waals surface area contributed by atoms with E-state index in [0.717, 1.165) is 25.7 Å². The Labute approximate surface area is 93.8 Å². The van der Waals surface area contributed by atoms with Crippen molar-refractivity contribution in [1.29, 1.82) is 0 Å². The highest BCUT2D eigenvalue weighted by Gasteiger charge is 2.25. The molecule has 1 aliphatic carbocycles. The summed E-state index contributed by atoms with van der Waals surface area (Å²) < 4.78 is 3.00. The van der Waals surface area contributed by atoms with Crippen molar-refractivity contribution in [3.8, 4) is 0 Å². The summed E-state index contributed by atoms with van der Waals surface area (Å²) >= 11 is 0. The second-order valence-electron chi connectivity index (χ2n) is 4.16. The summed E-state index contributed by atoms with van der Waals surface area (Å²) in [5, 5.41) is 0. The van der Waals surface area contributed by atoms with Gasteiger partial charge in [-0.3, -0.25) is 13.9 Å². The van der Waals surface area contributed by atoms with Gasteiger partial charge < -0.3 is 0 Å². The SMILES string of the molecule is C=CCCCn1c(=O)ccn(C2CC2)c1=O. The van der Waals surface area contributed by atoms with Crippen LogP contribution in [0.1, 0.15) is 31.7 Å². The van der Waals surface area contributed by atoms with Crippen molar-refractivity contribution >= 4 is 0 Å². The summed E-state index contributed by atoms with van der Waals surface area (Å²) in [6, 6.07) is 1.80. The molecule has 0 aromatic carbocycles. The van der Waals surface area contributed by atoms with Crippen LogP contribution in [-0.4, -0.2) is 9.13 Å². The molecule has 4 heteroatoms. The molecule has 0 spiro atoms. The standard InChI is InChI=1S/C12H16N2O2/c1-2-3-4-8-14-11(15)7-9-13(12(14)16)10-5-6-10/h2,7,9-10H,1,3-6,8H2. The number of unbranched alkanes of at least 4 members (excludes halogenated alkanes) is 1. The van der Waals surface area contributed by atoms with Gasteiger partial charge >= 0.3 is 5.69 Å². The molecular weight excluding hydrogens is 204 g/mol. The van der Waals surface area contributed by atoms with Crippen LogP contribution in [0.4, 0.5) is 0 Å². The Morgan fingerprint density at radius 1 is 1.44 bits per heavy atom. The normalized spacial score (nSPS) is 15.0. The van der Waals surface area contributed by atoms with Crippen molar-refractivity contribution in [2.24, 2.45) is 0 Å². The molecule has 0 aliphatic heterocycles. The predicted molar refractivity (Wildman–Crippen MR) is 62.7 cm³/mol. The van der Waals surface area contributed by atoms with E-state index < -0.39 is 0 Å². The van der Waals surface area contributed by atoms with Gasteiger partial charge in [-0.05, 0) is 25.7 Å². The fourth-order valence-electron chi connectivity index (χ4n) is 1.76. The van der Waals surface area contributed by atoms with Gasteiger partial charge in [0.25, 0.3) is 5.56 Å². The monoisotopic (exact) mass is 220 g/mol. The third-order valence-corrected chi connectivity index (χ3v) is 2.83. The van der Waals surface area contributed by atoms with Crippen molar-refractivity contribution in [2.75, 3.05) is 0 Å². The maximum absolute atomic E-state index is 12.0. The van der Waals surface area contributed by atoms with Gasteiger partial charge in [0.15, 0.2) is 0 Å². The van der Waals surface area contributed by atoms with E-state index in [2.05, 4.69) is 6.58 Å². The molecule has 1 aromatic heterocycles. The minimum atomic E-state index is -0.203. The molecule has 0 atom stereocenters. The van der Waals surface area contributed by atoms with Gasteiger partial charge in [0, 0.05) is 24.8 Å². The first kappa shape index (κ1) is 10.9. The van der Waals surface area contributed by atoms with Crippen molar-refractivity contribution < 1.29 is 0 Å². The maximum Gasteiger partial charge on any atom is 0.331 e. The van der Waals surface area contributed by atoms with Crippen LogP contribution in [0.25, 0.3) is 0 Å². The number of hydrogen-bond acceptors (Lipinski definition) is 2. The first-order valence-corrected chi connectivity index (χ1v) is 5.67. The fraction of sp³-hybridized carbons (Fsp3) is 0.500. The van der Waals surface area contributed by atoms with Crippen LogP contribution in [0.15, 0.2) is 34.5 Å². The molecule has 0 radical (unpaired) electrons. The second kappa shape index (κ2) is 4.51. The van der Waals surface area contributed by atoms with Crippen LogP contribution >= 0.6 is 0 Å². The molecule has 0 amide bonds. The van der Waals surface area contributed by atoms with Crippen LogP contribution in [0.3, 0.4) is 0 Å². The quantitative estimate of drug-likeness (QED) is 0.554. The fourth-order valence-corrected chi connectivity index (χ4v) is 1.76. The number of hydrogen-bond donors (Lipinski definition) is 0. The molecule has 16 heavy (non-hydrogen) atoms. The summed E-state index contributed by atoms with van der Waals surface area (Å²) in [5.41, 5.74) is -0.370. The molecule has 1 heterocycles. The Hall–Kier alpha value is -1.58. The molecule has 1 aliphatic rings. The molecular formula is C12H16N2O2. The van der Waals surface area contributed by atoms with E-state index in [9.17, 15) is 9.59 Å². The van der Waals surface area contributed by atoms with Crippen LogP contribution in [-0.2, 0) is 6.54 Å². The van der Waals surface area contributed by atoms with Crippen molar-refractivity contribution in [3.63, 3.8) is 0 Å². The van der Waals surface area contributed by atoms with Crippen molar-refractivity contribution in [3.05, 3.63) is 45.8 Å². The Balaban J connectivity index is 2.27. The average Bonchev–Trinajstić information content (AvgIpc) is 3.07. The van der Waals surface area contributed by atoms with E-state index in [0.29, 0.717) is 12.6 Å². The van der Waals surface area contributed by atoms with Gasteiger partial charge in [0.05, 0.1) is 0 Å². The van der Waals surface area contributed by atoms with Gasteiger partial charge in [0.1, 0.15) is 0 Å². The van der Waals surface area contributed by atoms with Gasteiger partial charge in [-0.15, -0.1) is 6.58 Å². The van der Waals surface area contributed by atoms with E-state index >= 15 is 0 Å². The summed E-state index contributed by atoms with van der Waals surface area (Å²) in [7, 11) is 0. The van der Waals surface area contributed by atoms with Crippen molar-refractivity contribution in [1.82, 2.24) is 9.13 Å². The van der Waals surface area contributed by atoms with E-state index in [1.807, 2.05) is 0 Å². The first-order valence-electron chi connectivity index (χ1n) is 5.67. The van der Waals surface area contributed by atoms with E-state index in [1.165, 1.54) is 10.6 Å². The van der Waals surface area contributed by atoms with Gasteiger partial charge in [0.2, 0.25) is 0 Å². The third kappa shape index (κ3) is 2.15. The number of rotatable bonds is 5. The van der Waals surface area contributed by atoms with Crippen LogP contribution in [0.5, 0.6) is 0 Å². The average molecular weight is 220 g/mol. The second-order valence-corrected chi connectivity index (χ2v) is 4.16. The Bertz CT molecular complexity index is 494. The lowest BCUT2D eigenvalue weighted by Crippen LogP contribution is -2.38. The minimum Gasteiger partial charge on any atom is -0.297 e. The number of aromatic nitrogens is 2. The summed E-state index contributed by atoms with van der Waals surface area (Å²) in [6.45, 7) is 4.11. The molecule has 1 aromatic rings. The smallest absolute Gasteiger partial charge is 0.297 e. The summed E-state index contributed by atoms with van der Waals surface area (Å²) in [6.07, 6.45) is 7.12. The largest absolute Gasteiger partial charge is 0.331 e. The zero-order valence-corrected chi connectivity index (χ0v) is 9.26. The molecule has 1 fully saturated rings. The zero-order chi connectivity index (χ0) is 11.5. The zero-order valence-electron chi connectivity index (χ0n) is 9.26. The third-order valence-electron chi connectivity index (χ3n) is 2.83. The van der Waals surface area contributed by atoms with Crippen molar-refractivity contribution in [2.45, 2.75) is 38.3 Å².